The highest BCUT2D eigenvalue weighted by Crippen LogP contribution is 2.04. The van der Waals surface area contributed by atoms with Gasteiger partial charge < -0.3 is 9.16 Å². The van der Waals surface area contributed by atoms with E-state index in [-0.39, 0.29) is 0 Å². The lowest BCUT2D eigenvalue weighted by atomic mass is 10.2. The average molecular weight is 222 g/mol. The van der Waals surface area contributed by atoms with Crippen molar-refractivity contribution in [3.63, 3.8) is 0 Å². The maximum Gasteiger partial charge on any atom is 0.241 e. The molecule has 0 bridgehead atoms. The van der Waals surface area contributed by atoms with Gasteiger partial charge in [-0.05, 0) is 25.2 Å². The van der Waals surface area contributed by atoms with Crippen LogP contribution in [0.25, 0.3) is 0 Å². The summed E-state index contributed by atoms with van der Waals surface area (Å²) >= 11 is 0. The van der Waals surface area contributed by atoms with E-state index in [1.165, 1.54) is 0 Å². The SMILES string of the molecule is C[Si](C)(C)O/C=C/OCc1ccccc1. The maximum absolute atomic E-state index is 5.50. The van der Waals surface area contributed by atoms with Crippen LogP contribution >= 0.6 is 0 Å². The Hall–Kier alpha value is -1.22. The smallest absolute Gasteiger partial charge is 0.241 e. The standard InChI is InChI=1S/C12H18O2Si/c1-15(2,3)14-10-9-13-11-12-7-5-4-6-8-12/h4-10H,11H2,1-3H3/b10-9+. The van der Waals surface area contributed by atoms with Crippen LogP contribution in [-0.4, -0.2) is 8.32 Å². The van der Waals surface area contributed by atoms with Crippen LogP contribution in [0.2, 0.25) is 19.6 Å². The summed E-state index contributed by atoms with van der Waals surface area (Å²) in [5, 5.41) is 0. The summed E-state index contributed by atoms with van der Waals surface area (Å²) < 4.78 is 10.8. The van der Waals surface area contributed by atoms with Gasteiger partial charge in [0.2, 0.25) is 8.32 Å². The largest absolute Gasteiger partial charge is 0.547 e. The van der Waals surface area contributed by atoms with Crippen LogP contribution in [-0.2, 0) is 15.8 Å². The Morgan fingerprint density at radius 1 is 1.07 bits per heavy atom. The number of hydrogen-bond donors (Lipinski definition) is 0. The van der Waals surface area contributed by atoms with E-state index in [0.717, 1.165) is 5.56 Å². The molecule has 0 amide bonds. The lowest BCUT2D eigenvalue weighted by Crippen LogP contribution is -2.21. The Bertz CT molecular complexity index is 301. The highest BCUT2D eigenvalue weighted by molar-refractivity contribution is 6.69. The summed E-state index contributed by atoms with van der Waals surface area (Å²) in [5.41, 5.74) is 1.16. The van der Waals surface area contributed by atoms with Crippen molar-refractivity contribution in [2.24, 2.45) is 0 Å². The molecule has 15 heavy (non-hydrogen) atoms. The summed E-state index contributed by atoms with van der Waals surface area (Å²) in [6.45, 7) is 6.99. The first-order valence-electron chi connectivity index (χ1n) is 5.06. The molecule has 0 saturated heterocycles. The molecular weight excluding hydrogens is 204 g/mol. The molecule has 0 aliphatic rings. The van der Waals surface area contributed by atoms with Crippen molar-refractivity contribution in [3.8, 4) is 0 Å². The molecule has 0 atom stereocenters. The van der Waals surface area contributed by atoms with Gasteiger partial charge in [0.05, 0.1) is 0 Å². The molecule has 0 spiro atoms. The predicted octanol–water partition coefficient (Wildman–Crippen LogP) is 3.53. The van der Waals surface area contributed by atoms with Gasteiger partial charge in [0.25, 0.3) is 0 Å². The van der Waals surface area contributed by atoms with Crippen molar-refractivity contribution in [2.75, 3.05) is 0 Å². The fourth-order valence-electron chi connectivity index (χ4n) is 0.990. The highest BCUT2D eigenvalue weighted by Gasteiger charge is 2.12. The Balaban J connectivity index is 2.22. The van der Waals surface area contributed by atoms with Crippen LogP contribution in [0.15, 0.2) is 42.9 Å². The van der Waals surface area contributed by atoms with E-state index < -0.39 is 8.32 Å². The minimum Gasteiger partial charge on any atom is -0.547 e. The van der Waals surface area contributed by atoms with Gasteiger partial charge in [-0.15, -0.1) is 0 Å². The minimum atomic E-state index is -1.45. The molecule has 0 N–H and O–H groups in total. The van der Waals surface area contributed by atoms with E-state index in [2.05, 4.69) is 19.6 Å². The summed E-state index contributed by atoms with van der Waals surface area (Å²) in [5.74, 6) is 0. The normalized spacial score (nSPS) is 11.7. The molecule has 1 aromatic carbocycles. The van der Waals surface area contributed by atoms with Gasteiger partial charge in [0.15, 0.2) is 0 Å². The Morgan fingerprint density at radius 2 is 1.73 bits per heavy atom. The van der Waals surface area contributed by atoms with Crippen molar-refractivity contribution in [2.45, 2.75) is 26.2 Å². The number of ether oxygens (including phenoxy) is 1. The van der Waals surface area contributed by atoms with E-state index in [9.17, 15) is 0 Å². The zero-order valence-corrected chi connectivity index (χ0v) is 10.6. The fraction of sp³-hybridized carbons (Fsp3) is 0.333. The molecule has 82 valence electrons. The van der Waals surface area contributed by atoms with Crippen LogP contribution in [0.3, 0.4) is 0 Å². The van der Waals surface area contributed by atoms with Gasteiger partial charge in [-0.2, -0.15) is 0 Å². The van der Waals surface area contributed by atoms with Gasteiger partial charge >= 0.3 is 0 Å². The third kappa shape index (κ3) is 5.96. The summed E-state index contributed by atoms with van der Waals surface area (Å²) in [6, 6.07) is 10.1. The molecular formula is C12H18O2Si. The molecule has 3 heteroatoms. The Labute approximate surface area is 92.7 Å². The van der Waals surface area contributed by atoms with Crippen LogP contribution in [0.4, 0.5) is 0 Å². The molecule has 0 radical (unpaired) electrons. The lowest BCUT2D eigenvalue weighted by Gasteiger charge is -2.14. The Morgan fingerprint density at radius 3 is 2.33 bits per heavy atom. The predicted molar refractivity (Wildman–Crippen MR) is 64.8 cm³/mol. The van der Waals surface area contributed by atoms with E-state index >= 15 is 0 Å². The van der Waals surface area contributed by atoms with Gasteiger partial charge in [0, 0.05) is 0 Å². The molecule has 0 aromatic heterocycles. The van der Waals surface area contributed by atoms with Crippen molar-refractivity contribution in [1.29, 1.82) is 0 Å². The van der Waals surface area contributed by atoms with Crippen molar-refractivity contribution in [1.82, 2.24) is 0 Å². The molecule has 0 unspecified atom stereocenters. The van der Waals surface area contributed by atoms with Gasteiger partial charge in [0.1, 0.15) is 19.1 Å². The third-order valence-corrected chi connectivity index (χ3v) is 2.51. The topological polar surface area (TPSA) is 18.5 Å². The second kappa shape index (κ2) is 5.61. The summed E-state index contributed by atoms with van der Waals surface area (Å²) in [7, 11) is -1.45. The molecule has 1 rings (SSSR count). The monoisotopic (exact) mass is 222 g/mol. The fourth-order valence-corrected chi connectivity index (χ4v) is 1.45. The molecule has 0 fully saturated rings. The molecule has 0 aliphatic carbocycles. The number of benzene rings is 1. The second-order valence-electron chi connectivity index (χ2n) is 4.30. The zero-order valence-electron chi connectivity index (χ0n) is 9.57. The van der Waals surface area contributed by atoms with Crippen molar-refractivity contribution < 1.29 is 9.16 Å². The van der Waals surface area contributed by atoms with E-state index in [1.807, 2.05) is 30.3 Å². The maximum atomic E-state index is 5.50. The highest BCUT2D eigenvalue weighted by atomic mass is 28.4. The molecule has 0 aliphatic heterocycles. The number of hydrogen-bond acceptors (Lipinski definition) is 2. The van der Waals surface area contributed by atoms with Crippen LogP contribution in [0.5, 0.6) is 0 Å². The van der Waals surface area contributed by atoms with Gasteiger partial charge in [-0.1, -0.05) is 30.3 Å². The first-order valence-corrected chi connectivity index (χ1v) is 8.47. The third-order valence-electron chi connectivity index (χ3n) is 1.67. The van der Waals surface area contributed by atoms with Crippen LogP contribution in [0.1, 0.15) is 5.56 Å². The zero-order chi connectivity index (χ0) is 11.1. The molecule has 1 aromatic rings. The molecule has 0 heterocycles. The van der Waals surface area contributed by atoms with Crippen LogP contribution in [0, 0.1) is 0 Å². The lowest BCUT2D eigenvalue weighted by molar-refractivity contribution is 0.227. The second-order valence-corrected chi connectivity index (χ2v) is 8.76. The molecule has 2 nitrogen and oxygen atoms in total. The van der Waals surface area contributed by atoms with Crippen LogP contribution < -0.4 is 0 Å². The average Bonchev–Trinajstić information content (AvgIpc) is 2.17. The van der Waals surface area contributed by atoms with E-state index in [1.54, 1.807) is 12.5 Å². The Kier molecular flexibility index (Phi) is 4.43. The van der Waals surface area contributed by atoms with E-state index in [0.29, 0.717) is 6.61 Å². The first-order chi connectivity index (χ1) is 7.08. The van der Waals surface area contributed by atoms with Crippen molar-refractivity contribution in [3.05, 3.63) is 48.4 Å². The summed E-state index contributed by atoms with van der Waals surface area (Å²) in [6.07, 6.45) is 3.26. The minimum absolute atomic E-state index is 0.590. The van der Waals surface area contributed by atoms with E-state index in [4.69, 9.17) is 9.16 Å². The van der Waals surface area contributed by atoms with Crippen molar-refractivity contribution >= 4 is 8.32 Å². The molecule has 0 saturated carbocycles. The quantitative estimate of drug-likeness (QED) is 0.560. The summed E-state index contributed by atoms with van der Waals surface area (Å²) in [4.78, 5) is 0. The number of rotatable bonds is 5. The van der Waals surface area contributed by atoms with Gasteiger partial charge in [-0.25, -0.2) is 0 Å². The first kappa shape index (κ1) is 11.8. The van der Waals surface area contributed by atoms with Gasteiger partial charge in [-0.3, -0.25) is 0 Å².